The summed E-state index contributed by atoms with van der Waals surface area (Å²) in [6, 6.07) is 8.25. The molecular formula is C19H31N3O. The predicted octanol–water partition coefficient (Wildman–Crippen LogP) is 3.26. The van der Waals surface area contributed by atoms with Gasteiger partial charge in [-0.2, -0.15) is 0 Å². The van der Waals surface area contributed by atoms with Crippen molar-refractivity contribution in [3.05, 3.63) is 29.8 Å². The Hall–Kier alpha value is -1.55. The molecule has 23 heavy (non-hydrogen) atoms. The average Bonchev–Trinajstić information content (AvgIpc) is 2.59. The highest BCUT2D eigenvalue weighted by atomic mass is 16.2. The van der Waals surface area contributed by atoms with E-state index in [1.54, 1.807) is 0 Å². The molecule has 1 aliphatic rings. The number of nitrogens with two attached hydrogens (primary N) is 1. The normalized spacial score (nSPS) is 19.5. The van der Waals surface area contributed by atoms with Crippen molar-refractivity contribution in [1.29, 1.82) is 0 Å². The van der Waals surface area contributed by atoms with Crippen LogP contribution in [0.3, 0.4) is 0 Å². The first-order valence-corrected chi connectivity index (χ1v) is 9.00. The molecule has 1 saturated heterocycles. The standard InChI is InChI=1S/C19H31N3O/c1-4-13-21(5-2)17-11-9-16(10-12-17)19(23)22-14-7-6-8-18(22)15(3)20/h9-12,15,18H,4-8,13-14,20H2,1-3H3. The van der Waals surface area contributed by atoms with Crippen molar-refractivity contribution in [2.24, 2.45) is 5.73 Å². The molecule has 1 aromatic rings. The fraction of sp³-hybridized carbons (Fsp3) is 0.632. The molecule has 0 spiro atoms. The number of anilines is 1. The predicted molar refractivity (Wildman–Crippen MR) is 96.9 cm³/mol. The monoisotopic (exact) mass is 317 g/mol. The first-order chi connectivity index (χ1) is 11.1. The molecule has 0 aromatic heterocycles. The van der Waals surface area contributed by atoms with Gasteiger partial charge < -0.3 is 15.5 Å². The molecule has 2 N–H and O–H groups in total. The van der Waals surface area contributed by atoms with Crippen molar-refractivity contribution in [2.45, 2.75) is 58.5 Å². The van der Waals surface area contributed by atoms with Crippen LogP contribution in [0.1, 0.15) is 56.8 Å². The van der Waals surface area contributed by atoms with Gasteiger partial charge >= 0.3 is 0 Å². The van der Waals surface area contributed by atoms with Gasteiger partial charge in [0.05, 0.1) is 0 Å². The molecule has 1 heterocycles. The molecule has 2 atom stereocenters. The molecule has 1 fully saturated rings. The number of hydrogen-bond acceptors (Lipinski definition) is 3. The van der Waals surface area contributed by atoms with Crippen LogP contribution in [0.15, 0.2) is 24.3 Å². The van der Waals surface area contributed by atoms with Gasteiger partial charge in [-0.3, -0.25) is 4.79 Å². The first-order valence-electron chi connectivity index (χ1n) is 9.00. The van der Waals surface area contributed by atoms with Crippen LogP contribution in [-0.4, -0.2) is 42.5 Å². The molecule has 1 aromatic carbocycles. The average molecular weight is 317 g/mol. The van der Waals surface area contributed by atoms with Crippen molar-refractivity contribution >= 4 is 11.6 Å². The molecular weight excluding hydrogens is 286 g/mol. The third kappa shape index (κ3) is 4.25. The van der Waals surface area contributed by atoms with Gasteiger partial charge in [0.25, 0.3) is 5.91 Å². The van der Waals surface area contributed by atoms with Gasteiger partial charge in [0.15, 0.2) is 0 Å². The number of rotatable bonds is 6. The van der Waals surface area contributed by atoms with E-state index in [1.165, 1.54) is 5.69 Å². The number of likely N-dealkylation sites (tertiary alicyclic amines) is 1. The van der Waals surface area contributed by atoms with Crippen LogP contribution in [0.5, 0.6) is 0 Å². The van der Waals surface area contributed by atoms with Crippen LogP contribution in [-0.2, 0) is 0 Å². The van der Waals surface area contributed by atoms with Crippen LogP contribution in [0.4, 0.5) is 5.69 Å². The largest absolute Gasteiger partial charge is 0.372 e. The van der Waals surface area contributed by atoms with Gasteiger partial charge in [-0.25, -0.2) is 0 Å². The number of carbonyl (C=O) groups excluding carboxylic acids is 1. The summed E-state index contributed by atoms with van der Waals surface area (Å²) in [7, 11) is 0. The highest BCUT2D eigenvalue weighted by Gasteiger charge is 2.29. The molecule has 4 nitrogen and oxygen atoms in total. The molecule has 4 heteroatoms. The molecule has 128 valence electrons. The lowest BCUT2D eigenvalue weighted by Gasteiger charge is -2.38. The van der Waals surface area contributed by atoms with E-state index in [1.807, 2.05) is 24.0 Å². The zero-order valence-electron chi connectivity index (χ0n) is 14.8. The number of hydrogen-bond donors (Lipinski definition) is 1. The van der Waals surface area contributed by atoms with Crippen LogP contribution < -0.4 is 10.6 Å². The van der Waals surface area contributed by atoms with E-state index in [0.29, 0.717) is 0 Å². The van der Waals surface area contributed by atoms with Crippen molar-refractivity contribution in [3.8, 4) is 0 Å². The van der Waals surface area contributed by atoms with E-state index in [9.17, 15) is 4.79 Å². The number of amides is 1. The van der Waals surface area contributed by atoms with E-state index in [4.69, 9.17) is 5.73 Å². The minimum absolute atomic E-state index is 0.0265. The Morgan fingerprint density at radius 1 is 1.30 bits per heavy atom. The minimum Gasteiger partial charge on any atom is -0.372 e. The zero-order valence-corrected chi connectivity index (χ0v) is 14.8. The molecule has 2 rings (SSSR count). The van der Waals surface area contributed by atoms with Crippen molar-refractivity contribution in [3.63, 3.8) is 0 Å². The summed E-state index contributed by atoms with van der Waals surface area (Å²) >= 11 is 0. The van der Waals surface area contributed by atoms with Gasteiger partial charge in [0.1, 0.15) is 0 Å². The van der Waals surface area contributed by atoms with Gasteiger partial charge in [-0.15, -0.1) is 0 Å². The Balaban J connectivity index is 2.13. The van der Waals surface area contributed by atoms with Crippen LogP contribution >= 0.6 is 0 Å². The summed E-state index contributed by atoms with van der Waals surface area (Å²) in [5.41, 5.74) is 8.05. The third-order valence-corrected chi connectivity index (χ3v) is 4.77. The van der Waals surface area contributed by atoms with Gasteiger partial charge in [-0.05, 0) is 63.8 Å². The quantitative estimate of drug-likeness (QED) is 0.876. The highest BCUT2D eigenvalue weighted by Crippen LogP contribution is 2.23. The second-order valence-electron chi connectivity index (χ2n) is 6.55. The summed E-state index contributed by atoms with van der Waals surface area (Å²) in [4.78, 5) is 17.2. The number of piperidine rings is 1. The van der Waals surface area contributed by atoms with Crippen molar-refractivity contribution < 1.29 is 4.79 Å². The van der Waals surface area contributed by atoms with Crippen molar-refractivity contribution in [1.82, 2.24) is 4.90 Å². The molecule has 0 radical (unpaired) electrons. The van der Waals surface area contributed by atoms with E-state index < -0.39 is 0 Å². The fourth-order valence-electron chi connectivity index (χ4n) is 3.48. The van der Waals surface area contributed by atoms with Gasteiger partial charge in [0.2, 0.25) is 0 Å². The first kappa shape index (κ1) is 17.8. The van der Waals surface area contributed by atoms with Crippen LogP contribution in [0.25, 0.3) is 0 Å². The van der Waals surface area contributed by atoms with Crippen LogP contribution in [0, 0.1) is 0 Å². The molecule has 1 aliphatic heterocycles. The lowest BCUT2D eigenvalue weighted by atomic mass is 9.96. The maximum absolute atomic E-state index is 12.8. The Morgan fingerprint density at radius 2 is 2.00 bits per heavy atom. The minimum atomic E-state index is 0.0265. The highest BCUT2D eigenvalue weighted by molar-refractivity contribution is 5.95. The van der Waals surface area contributed by atoms with E-state index in [0.717, 1.165) is 50.9 Å². The topological polar surface area (TPSA) is 49.6 Å². The molecule has 0 saturated carbocycles. The second kappa shape index (κ2) is 8.34. The zero-order chi connectivity index (χ0) is 16.8. The van der Waals surface area contributed by atoms with Crippen molar-refractivity contribution in [2.75, 3.05) is 24.5 Å². The number of benzene rings is 1. The number of carbonyl (C=O) groups is 1. The van der Waals surface area contributed by atoms with E-state index >= 15 is 0 Å². The smallest absolute Gasteiger partial charge is 0.254 e. The lowest BCUT2D eigenvalue weighted by molar-refractivity contribution is 0.0584. The summed E-state index contributed by atoms with van der Waals surface area (Å²) in [5, 5.41) is 0. The summed E-state index contributed by atoms with van der Waals surface area (Å²) in [5.74, 6) is 0.122. The molecule has 2 unspecified atom stereocenters. The second-order valence-corrected chi connectivity index (χ2v) is 6.55. The summed E-state index contributed by atoms with van der Waals surface area (Å²) < 4.78 is 0. The molecule has 0 bridgehead atoms. The van der Waals surface area contributed by atoms with Crippen LogP contribution in [0.2, 0.25) is 0 Å². The van der Waals surface area contributed by atoms with E-state index in [-0.39, 0.29) is 18.0 Å². The van der Waals surface area contributed by atoms with E-state index in [2.05, 4.69) is 30.9 Å². The van der Waals surface area contributed by atoms with Gasteiger partial charge in [0, 0.05) is 43.0 Å². The Bertz CT molecular complexity index is 498. The molecule has 0 aliphatic carbocycles. The SMILES string of the molecule is CCCN(CC)c1ccc(C(=O)N2CCCCC2C(C)N)cc1. The Kier molecular flexibility index (Phi) is 6.46. The maximum Gasteiger partial charge on any atom is 0.254 e. The maximum atomic E-state index is 12.8. The van der Waals surface area contributed by atoms with Gasteiger partial charge in [-0.1, -0.05) is 6.92 Å². The summed E-state index contributed by atoms with van der Waals surface area (Å²) in [6.45, 7) is 9.20. The Labute approximate surface area is 140 Å². The molecule has 1 amide bonds. The fourth-order valence-corrected chi connectivity index (χ4v) is 3.48. The Morgan fingerprint density at radius 3 is 2.57 bits per heavy atom. The number of nitrogens with zero attached hydrogens (tertiary/aromatic N) is 2. The lowest BCUT2D eigenvalue weighted by Crippen LogP contribution is -2.51. The summed E-state index contributed by atoms with van der Waals surface area (Å²) in [6.07, 6.45) is 4.38. The third-order valence-electron chi connectivity index (χ3n) is 4.77.